The van der Waals surface area contributed by atoms with Gasteiger partial charge in [-0.2, -0.15) is 0 Å². The summed E-state index contributed by atoms with van der Waals surface area (Å²) in [6, 6.07) is 13.6. The van der Waals surface area contributed by atoms with E-state index in [4.69, 9.17) is 9.47 Å². The van der Waals surface area contributed by atoms with Crippen LogP contribution in [-0.4, -0.2) is 60.6 Å². The van der Waals surface area contributed by atoms with Crippen molar-refractivity contribution in [3.8, 4) is 5.75 Å². The van der Waals surface area contributed by atoms with Crippen molar-refractivity contribution in [1.29, 1.82) is 0 Å². The maximum absolute atomic E-state index is 13.2. The second-order valence-electron chi connectivity index (χ2n) is 9.16. The third kappa shape index (κ3) is 13.1. The number of carbonyl (C=O) groups is 3. The minimum atomic E-state index is -0.877. The van der Waals surface area contributed by atoms with Crippen LogP contribution in [0, 0.1) is 10.1 Å². The topological polar surface area (TPSA) is 137 Å². The Hall–Kier alpha value is -3.96. The van der Waals surface area contributed by atoms with Crippen molar-refractivity contribution in [1.82, 2.24) is 10.2 Å². The number of nitrogens with one attached hydrogen (secondary N) is 1. The van der Waals surface area contributed by atoms with Gasteiger partial charge in [0.2, 0.25) is 5.91 Å². The van der Waals surface area contributed by atoms with Gasteiger partial charge in [0.25, 0.3) is 5.09 Å². The van der Waals surface area contributed by atoms with E-state index in [1.54, 1.807) is 54.6 Å². The molecule has 0 bridgehead atoms. The van der Waals surface area contributed by atoms with Gasteiger partial charge in [-0.1, -0.05) is 57.5 Å². The van der Waals surface area contributed by atoms with E-state index in [0.717, 1.165) is 25.9 Å². The highest BCUT2D eigenvalue weighted by Crippen LogP contribution is 2.28. The van der Waals surface area contributed by atoms with E-state index in [-0.39, 0.29) is 44.0 Å². The number of likely N-dealkylation sites (N-methyl/N-ethyl adjacent to an activating group) is 1. The molecule has 0 aromatic heterocycles. The van der Waals surface area contributed by atoms with Crippen LogP contribution in [0.15, 0.2) is 54.6 Å². The van der Waals surface area contributed by atoms with Crippen molar-refractivity contribution in [2.24, 2.45) is 0 Å². The maximum Gasteiger partial charge on any atom is 0.343 e. The Morgan fingerprint density at radius 2 is 1.71 bits per heavy atom. The lowest BCUT2D eigenvalue weighted by Gasteiger charge is -2.23. The van der Waals surface area contributed by atoms with Crippen molar-refractivity contribution >= 4 is 36.3 Å². The summed E-state index contributed by atoms with van der Waals surface area (Å²) in [6.45, 7) is 7.82. The van der Waals surface area contributed by atoms with E-state index in [1.165, 1.54) is 6.08 Å². The van der Waals surface area contributed by atoms with Gasteiger partial charge in [-0.15, -0.1) is 22.5 Å². The zero-order chi connectivity index (χ0) is 30.0. The van der Waals surface area contributed by atoms with Crippen molar-refractivity contribution < 1.29 is 33.8 Å². The molecule has 0 fully saturated rings. The van der Waals surface area contributed by atoms with Crippen molar-refractivity contribution in [2.45, 2.75) is 52.6 Å². The fourth-order valence-corrected chi connectivity index (χ4v) is 3.92. The quantitative estimate of drug-likeness (QED) is 0.0609. The minimum Gasteiger partial charge on any atom is -0.457 e. The number of unbranched alkanes of at least 4 members (excludes halogenated alkanes) is 1. The lowest BCUT2D eigenvalue weighted by molar-refractivity contribution is -0.757. The molecule has 0 saturated carbocycles. The first-order chi connectivity index (χ1) is 19.8. The van der Waals surface area contributed by atoms with E-state index >= 15 is 0 Å². The summed E-state index contributed by atoms with van der Waals surface area (Å²) in [4.78, 5) is 54.0. The summed E-state index contributed by atoms with van der Waals surface area (Å²) >= 11 is 0. The predicted molar refractivity (Wildman–Crippen MR) is 161 cm³/mol. The van der Waals surface area contributed by atoms with E-state index in [2.05, 4.69) is 17.1 Å². The van der Waals surface area contributed by atoms with Crippen molar-refractivity contribution in [3.63, 3.8) is 0 Å². The van der Waals surface area contributed by atoms with Crippen LogP contribution >= 0.6 is 12.4 Å². The molecule has 0 radical (unpaired) electrons. The SMILES string of the molecule is CCCCC(OC(=O)CN(CC)CC)c1ccccc1C(=O)Oc1ccc(/C=C/C(=O)NCCCO[N+](=O)[O-])cc1.Cl. The van der Waals surface area contributed by atoms with Crippen LogP contribution in [0.3, 0.4) is 0 Å². The van der Waals surface area contributed by atoms with Gasteiger partial charge in [0.15, 0.2) is 0 Å². The number of carbonyl (C=O) groups excluding carboxylic acids is 3. The molecule has 1 unspecified atom stereocenters. The molecule has 2 aromatic carbocycles. The smallest absolute Gasteiger partial charge is 0.343 e. The Morgan fingerprint density at radius 3 is 2.36 bits per heavy atom. The van der Waals surface area contributed by atoms with Gasteiger partial charge >= 0.3 is 11.9 Å². The van der Waals surface area contributed by atoms with Crippen LogP contribution in [0.4, 0.5) is 0 Å². The van der Waals surface area contributed by atoms with Gasteiger partial charge in [-0.05, 0) is 62.2 Å². The van der Waals surface area contributed by atoms with Crippen LogP contribution in [-0.2, 0) is 19.2 Å². The summed E-state index contributed by atoms with van der Waals surface area (Å²) in [5.74, 6) is -0.931. The molecule has 11 nitrogen and oxygen atoms in total. The molecular weight excluding hydrogens is 566 g/mol. The first kappa shape index (κ1) is 36.1. The van der Waals surface area contributed by atoms with Gasteiger partial charge in [-0.3, -0.25) is 14.5 Å². The average molecular weight is 606 g/mol. The first-order valence-electron chi connectivity index (χ1n) is 13.8. The molecule has 0 aliphatic rings. The van der Waals surface area contributed by atoms with E-state index in [1.807, 2.05) is 18.7 Å². The minimum absolute atomic E-state index is 0. The number of halogens is 1. The van der Waals surface area contributed by atoms with Gasteiger partial charge in [0.05, 0.1) is 18.7 Å². The summed E-state index contributed by atoms with van der Waals surface area (Å²) in [5.41, 5.74) is 1.64. The summed E-state index contributed by atoms with van der Waals surface area (Å²) in [5, 5.41) is 11.8. The van der Waals surface area contributed by atoms with E-state index in [0.29, 0.717) is 35.3 Å². The average Bonchev–Trinajstić information content (AvgIpc) is 2.97. The first-order valence-corrected chi connectivity index (χ1v) is 13.8. The molecule has 0 spiro atoms. The molecular formula is C30H40ClN3O8. The van der Waals surface area contributed by atoms with Gasteiger partial charge in [0.1, 0.15) is 11.9 Å². The molecule has 230 valence electrons. The zero-order valence-corrected chi connectivity index (χ0v) is 25.1. The molecule has 12 heteroatoms. The number of rotatable bonds is 18. The Bertz CT molecular complexity index is 1170. The number of ether oxygens (including phenoxy) is 2. The zero-order valence-electron chi connectivity index (χ0n) is 24.3. The fraction of sp³-hybridized carbons (Fsp3) is 0.433. The normalized spacial score (nSPS) is 11.4. The Labute approximate surface area is 252 Å². The second kappa shape index (κ2) is 20.0. The molecule has 42 heavy (non-hydrogen) atoms. The van der Waals surface area contributed by atoms with Crippen LogP contribution < -0.4 is 10.1 Å². The standard InChI is InChI=1S/C30H39N3O8.ClH/c1-4-7-13-27(41-29(35)22-32(5-2)6-3)25-11-8-9-12-26(25)30(36)40-24-17-14-23(15-18-24)16-19-28(34)31-20-10-21-39-33(37)38;/h8-9,11-12,14-19,27H,4-7,10,13,20-22H2,1-3H3,(H,31,34);1H/b19-16+;. The van der Waals surface area contributed by atoms with E-state index < -0.39 is 17.2 Å². The summed E-state index contributed by atoms with van der Waals surface area (Å²) in [6.07, 6.45) is 5.00. The molecule has 1 amide bonds. The lowest BCUT2D eigenvalue weighted by atomic mass is 9.98. The van der Waals surface area contributed by atoms with Gasteiger partial charge < -0.3 is 19.6 Å². The number of benzene rings is 2. The number of nitrogens with zero attached hydrogens (tertiary/aromatic N) is 2. The Balaban J connectivity index is 0.00000882. The number of hydrogen-bond donors (Lipinski definition) is 1. The summed E-state index contributed by atoms with van der Waals surface area (Å²) in [7, 11) is 0. The van der Waals surface area contributed by atoms with Crippen molar-refractivity contribution in [3.05, 3.63) is 81.4 Å². The van der Waals surface area contributed by atoms with Crippen molar-refractivity contribution in [2.75, 3.05) is 32.8 Å². The van der Waals surface area contributed by atoms with Crippen LogP contribution in [0.5, 0.6) is 5.75 Å². The third-order valence-electron chi connectivity index (χ3n) is 6.20. The Morgan fingerprint density at radius 1 is 1.02 bits per heavy atom. The van der Waals surface area contributed by atoms with Crippen LogP contribution in [0.1, 0.15) is 74.0 Å². The number of esters is 2. The molecule has 2 aromatic rings. The summed E-state index contributed by atoms with van der Waals surface area (Å²) < 4.78 is 11.5. The van der Waals surface area contributed by atoms with Gasteiger partial charge in [0, 0.05) is 18.2 Å². The monoisotopic (exact) mass is 605 g/mol. The third-order valence-corrected chi connectivity index (χ3v) is 6.20. The highest BCUT2D eigenvalue weighted by atomic mass is 35.5. The molecule has 2 rings (SSSR count). The highest BCUT2D eigenvalue weighted by Gasteiger charge is 2.24. The molecule has 0 heterocycles. The lowest BCUT2D eigenvalue weighted by Crippen LogP contribution is -2.31. The predicted octanol–water partition coefficient (Wildman–Crippen LogP) is 5.17. The van der Waals surface area contributed by atoms with Crippen LogP contribution in [0.2, 0.25) is 0 Å². The number of amides is 1. The van der Waals surface area contributed by atoms with E-state index in [9.17, 15) is 24.5 Å². The number of hydrogen-bond acceptors (Lipinski definition) is 9. The molecule has 1 atom stereocenters. The maximum atomic E-state index is 13.2. The Kier molecular flexibility index (Phi) is 17.2. The largest absolute Gasteiger partial charge is 0.457 e. The molecule has 0 saturated heterocycles. The highest BCUT2D eigenvalue weighted by molar-refractivity contribution is 5.93. The molecule has 0 aliphatic heterocycles. The van der Waals surface area contributed by atoms with Crippen LogP contribution in [0.25, 0.3) is 6.08 Å². The van der Waals surface area contributed by atoms with Gasteiger partial charge in [-0.25, -0.2) is 4.79 Å². The second-order valence-corrected chi connectivity index (χ2v) is 9.16. The molecule has 0 aliphatic carbocycles. The molecule has 1 N–H and O–H groups in total. The fourth-order valence-electron chi connectivity index (χ4n) is 3.92.